The number of non-ortho nitro benzene ring substituents is 4. The molecule has 0 amide bonds. The number of hydrogen-bond acceptors (Lipinski definition) is 38. The number of H-pyrrole nitrogens is 2. The summed E-state index contributed by atoms with van der Waals surface area (Å²) in [6.07, 6.45) is 1.04. The number of fused-ring (bicyclic) bond motifs is 4. The maximum Gasteiger partial charge on any atom is 0.394 e. The number of allylic oxidation sites excluding steroid dienone is 1. The summed E-state index contributed by atoms with van der Waals surface area (Å²) in [5.41, 5.74) is 28.4. The number of halogens is 3. The van der Waals surface area contributed by atoms with Crippen LogP contribution in [0.2, 0.25) is 0 Å². The van der Waals surface area contributed by atoms with Crippen LogP contribution in [0.15, 0.2) is 204 Å². The fourth-order valence-corrected chi connectivity index (χ4v) is 14.2. The molecular weight excluding hydrogens is 2080 g/mol. The zero-order chi connectivity index (χ0) is 108. The molecule has 0 fully saturated rings. The number of rotatable bonds is 20. The van der Waals surface area contributed by atoms with E-state index in [-0.39, 0.29) is 77.6 Å². The fraction of sp³-hybridized carbons (Fsp3) is 0.185. The van der Waals surface area contributed by atoms with Crippen LogP contribution in [0.4, 0.5) is 56.9 Å². The highest BCUT2D eigenvalue weighted by Crippen LogP contribution is 2.36. The van der Waals surface area contributed by atoms with Crippen LogP contribution in [-0.2, 0) is 103 Å². The van der Waals surface area contributed by atoms with Crippen molar-refractivity contribution in [3.63, 3.8) is 0 Å². The third-order valence-corrected chi connectivity index (χ3v) is 21.3. The number of aliphatic hydroxyl groups excluding tert-OH is 1. The second-order valence-corrected chi connectivity index (χ2v) is 31.1. The number of carboxylic acid groups (broad SMARTS) is 2. The molecule has 13 N–H and O–H groups in total. The van der Waals surface area contributed by atoms with E-state index in [0.717, 1.165) is 121 Å². The summed E-state index contributed by atoms with van der Waals surface area (Å²) in [6, 6.07) is 46.6. The van der Waals surface area contributed by atoms with Crippen LogP contribution in [-0.4, -0.2) is 192 Å². The number of benzene rings is 10. The lowest BCUT2D eigenvalue weighted by Crippen LogP contribution is -2.20. The molecule has 144 heavy (non-hydrogen) atoms. The van der Waals surface area contributed by atoms with Crippen LogP contribution in [0.3, 0.4) is 0 Å². The topological polar surface area (TPSA) is 723 Å². The van der Waals surface area contributed by atoms with Crippen LogP contribution in [0.5, 0.6) is 0 Å². The molecule has 3 aliphatic heterocycles. The Labute approximate surface area is 836 Å². The summed E-state index contributed by atoms with van der Waals surface area (Å²) >= 11 is 11.3. The van der Waals surface area contributed by atoms with E-state index in [4.69, 9.17) is 80.6 Å². The van der Waals surface area contributed by atoms with Crippen LogP contribution < -0.4 is 43.0 Å². The minimum atomic E-state index is -4.67. The third-order valence-electron chi connectivity index (χ3n) is 19.9. The predicted molar refractivity (Wildman–Crippen MR) is 526 cm³/mol. The first-order valence-corrected chi connectivity index (χ1v) is 44.3. The molecule has 760 valence electrons. The molecule has 0 aliphatic carbocycles. The molecule has 0 unspecified atom stereocenters. The monoisotopic (exact) mass is 2160 g/mol. The average Bonchev–Trinajstić information content (AvgIpc) is 1.18. The second-order valence-electron chi connectivity index (χ2n) is 28.7. The molecule has 1 aromatic heterocycles. The predicted octanol–water partition coefficient (Wildman–Crippen LogP) is 12.6. The molecule has 0 radical (unpaired) electrons. The number of anilines is 6. The molecule has 11 aromatic rings. The maximum absolute atomic E-state index is 12.0. The van der Waals surface area contributed by atoms with Crippen molar-refractivity contribution in [1.29, 1.82) is 0 Å². The molecule has 0 saturated heterocycles. The highest BCUT2D eigenvalue weighted by molar-refractivity contribution is 9.09. The zero-order valence-electron chi connectivity index (χ0n) is 77.1. The lowest BCUT2D eigenvalue weighted by molar-refractivity contribution is -0.385. The van der Waals surface area contributed by atoms with Crippen molar-refractivity contribution in [2.75, 3.05) is 95.9 Å². The Hall–Kier alpha value is -17.3. The van der Waals surface area contributed by atoms with E-state index >= 15 is 0 Å². The number of aromatic carboxylic acids is 2. The first kappa shape index (κ1) is 117. The minimum absolute atomic E-state index is 0.0434. The number of carbonyl (C=O) groups excluding carboxylic acids is 9. The lowest BCUT2D eigenvalue weighted by atomic mass is 10.1. The number of aromatic amines is 2. The molecule has 3 aliphatic rings. The van der Waals surface area contributed by atoms with Crippen LogP contribution in [0.25, 0.3) is 10.8 Å². The van der Waals surface area contributed by atoms with Crippen molar-refractivity contribution < 1.29 is 143 Å². The van der Waals surface area contributed by atoms with Crippen molar-refractivity contribution in [3.8, 4) is 0 Å². The van der Waals surface area contributed by atoms with E-state index < -0.39 is 107 Å². The van der Waals surface area contributed by atoms with Gasteiger partial charge in [0, 0.05) is 140 Å². The van der Waals surface area contributed by atoms with E-state index in [2.05, 4.69) is 77.4 Å². The van der Waals surface area contributed by atoms with E-state index in [1.807, 2.05) is 47.4 Å². The third kappa shape index (κ3) is 33.2. The number of nitrogens with one attached hydrogen (secondary N) is 2. The molecule has 48 nitrogen and oxygen atoms in total. The molecular formula is C92H89Br2ClN12O36S. The van der Waals surface area contributed by atoms with Gasteiger partial charge in [-0.1, -0.05) is 62.7 Å². The van der Waals surface area contributed by atoms with Crippen molar-refractivity contribution in [1.82, 2.24) is 10.2 Å². The van der Waals surface area contributed by atoms with Gasteiger partial charge in [0.1, 0.15) is 0 Å². The first-order chi connectivity index (χ1) is 68.1. The number of hydrogen-bond donors (Lipinski definition) is 10. The minimum Gasteiger partial charge on any atom is -0.478 e. The number of ether oxygens (including phenoxy) is 8. The number of aliphatic hydroxyl groups is 1. The van der Waals surface area contributed by atoms with Gasteiger partial charge in [0.05, 0.1) is 143 Å². The maximum atomic E-state index is 12.0. The number of esters is 8. The summed E-state index contributed by atoms with van der Waals surface area (Å²) in [4.78, 5) is 194. The summed E-state index contributed by atoms with van der Waals surface area (Å²) < 4.78 is 68.5. The van der Waals surface area contributed by atoms with E-state index in [0.29, 0.717) is 65.1 Å². The van der Waals surface area contributed by atoms with Gasteiger partial charge in [-0.05, 0) is 171 Å². The molecule has 4 heterocycles. The molecule has 52 heteroatoms. The Morgan fingerprint density at radius 3 is 0.979 bits per heavy atom. The molecule has 10 aromatic carbocycles. The molecule has 0 bridgehead atoms. The number of nitrogen functional groups attached to an aromatic ring is 3. The van der Waals surface area contributed by atoms with Gasteiger partial charge in [-0.2, -0.15) is 8.42 Å². The Kier molecular flexibility index (Phi) is 45.2. The van der Waals surface area contributed by atoms with Crippen LogP contribution in [0.1, 0.15) is 148 Å². The molecule has 0 saturated carbocycles. The average molecular weight is 2170 g/mol. The molecule has 0 spiro atoms. The largest absolute Gasteiger partial charge is 0.478 e. The number of nitro groups is 4. The first-order valence-electron chi connectivity index (χ1n) is 40.3. The normalized spacial score (nSPS) is 11.1. The standard InChI is InChI=1S/C18H16N2O6.C18H18N2O4.C16H14N4O2.C10H9NO6.C10H11NO4.C8H7Br2NO2.C8H5NO6.C3H3ClO.CH4O.H2O4S/c1-25-17(21)15-6-5-13(8-16(15)18(22)26-2)19-9-11-3-4-14(20(23)24)7-12(11)10-19;1-23-17(21)15-6-5-14(8-16(15)18(22)24-2)20-9-11-3-4-13(19)7-12(11)10-20;17-11-2-1-9-7-20(8-10(9)5-11)12-3-4-13-14(6-12)16(22)19-18-15(13)21;1-16-9(12)7-4-3-6(11(14)15)5-8(7)10(13)17-2;1-14-9(12)7-4-3-6(11)5-8(7)10(13)15-2;9-4-6-1-2-8(11(12)13)3-7(6)5-10;10-7(11)5-2-1-4(9(14)15)3-6(5)8(12)13;1-2-3(4)5;1-2;1-5(2,3)4/h3-8H,9-10H2,1-2H3;3-8H,9-10,19H2,1-2H3;1-6H,7-8,17H2,(H,18,21)(H,19,22);3-5H,1-2H3;3-5H,11H2,1-2H3;1-3H,4-5H2;1-3H,(H,10,11)(H,12,13);2H,1H2;2H,1H3;(H2,1,2,3,4). The van der Waals surface area contributed by atoms with E-state index in [1.165, 1.54) is 95.7 Å². The van der Waals surface area contributed by atoms with Crippen LogP contribution >= 0.6 is 43.5 Å². The van der Waals surface area contributed by atoms with Gasteiger partial charge in [0.15, 0.2) is 0 Å². The number of nitro benzene ring substituents is 4. The lowest BCUT2D eigenvalue weighted by Gasteiger charge is -2.19. The number of aromatic nitrogens is 2. The van der Waals surface area contributed by atoms with Crippen molar-refractivity contribution >= 4 is 186 Å². The molecule has 14 rings (SSSR count). The number of carboxylic acids is 2. The summed E-state index contributed by atoms with van der Waals surface area (Å²) in [6.45, 7) is 7.01. The smallest absolute Gasteiger partial charge is 0.394 e. The van der Waals surface area contributed by atoms with Gasteiger partial charge in [0.25, 0.3) is 33.9 Å². The summed E-state index contributed by atoms with van der Waals surface area (Å²) in [5, 5.41) is 72.8. The SMILES string of the molecule is C=CC(=O)Cl.CO.COC(=O)c1ccc(N)cc1C(=O)OC.COC(=O)c1ccc(N2Cc3ccc(N)cc3C2)cc1C(=O)OC.COC(=O)c1ccc(N2Cc3ccc([N+](=O)[O-])cc3C2)cc1C(=O)OC.COC(=O)c1ccc([N+](=O)[O-])cc1C(=O)OC.Nc1ccc2c(c1)CN(c1ccc3c(=O)[nH][nH]c(=O)c3c1)C2.O=C(O)c1ccc([N+](=O)[O-])cc1C(=O)O.O=S(=O)(O)O.O=[N+]([O-])c1ccc(CBr)c(CBr)c1. The quantitative estimate of drug-likeness (QED) is 0.00390. The second kappa shape index (κ2) is 55.5. The van der Waals surface area contributed by atoms with Gasteiger partial charge in [-0.3, -0.25) is 74.1 Å². The van der Waals surface area contributed by atoms with Crippen LogP contribution in [0, 0.1) is 40.5 Å². The van der Waals surface area contributed by atoms with Crippen molar-refractivity contribution in [2.24, 2.45) is 0 Å². The van der Waals surface area contributed by atoms with Gasteiger partial charge >= 0.3 is 70.1 Å². The summed E-state index contributed by atoms with van der Waals surface area (Å²) in [7, 11) is 6.09. The Morgan fingerprint density at radius 2 is 0.625 bits per heavy atom. The highest BCUT2D eigenvalue weighted by atomic mass is 79.9. The fourth-order valence-electron chi connectivity index (χ4n) is 13.2. The number of alkyl halides is 2. The van der Waals surface area contributed by atoms with E-state index in [1.54, 1.807) is 66.7 Å². The molecule has 0 atom stereocenters. The number of carbonyl (C=O) groups is 11. The van der Waals surface area contributed by atoms with E-state index in [9.17, 15) is 103 Å². The van der Waals surface area contributed by atoms with Crippen molar-refractivity contribution in [3.05, 3.63) is 356 Å². The Morgan fingerprint density at radius 1 is 0.368 bits per heavy atom. The highest BCUT2D eigenvalue weighted by Gasteiger charge is 2.30. The van der Waals surface area contributed by atoms with Crippen molar-refractivity contribution in [2.45, 2.75) is 49.9 Å². The summed E-state index contributed by atoms with van der Waals surface area (Å²) in [5.74, 6) is -8.19. The van der Waals surface area contributed by atoms with Gasteiger partial charge < -0.3 is 85.1 Å². The Balaban J connectivity index is 0.000000293. The Bertz CT molecular complexity index is 6980. The van der Waals surface area contributed by atoms with Gasteiger partial charge in [-0.15, -0.1) is 0 Å². The number of methoxy groups -OCH3 is 8. The van der Waals surface area contributed by atoms with Gasteiger partial charge in [-0.25, -0.2) is 47.9 Å². The zero-order valence-corrected chi connectivity index (χ0v) is 81.8. The number of nitrogens with two attached hydrogens (primary N) is 3. The number of nitrogens with zero attached hydrogens (tertiary/aromatic N) is 7. The van der Waals surface area contributed by atoms with Gasteiger partial charge in [0.2, 0.25) is 5.24 Å².